The molecule has 0 spiro atoms. The molecule has 0 radical (unpaired) electrons. The van der Waals surface area contributed by atoms with Crippen molar-refractivity contribution in [2.75, 3.05) is 5.32 Å². The third-order valence-electron chi connectivity index (χ3n) is 3.97. The Bertz CT molecular complexity index is 980. The van der Waals surface area contributed by atoms with E-state index in [0.29, 0.717) is 0 Å². The van der Waals surface area contributed by atoms with Crippen LogP contribution in [0, 0.1) is 0 Å². The molecular formula is C21H16N2O. The van der Waals surface area contributed by atoms with Gasteiger partial charge in [0, 0.05) is 11.1 Å². The highest BCUT2D eigenvalue weighted by Gasteiger charge is 2.03. The summed E-state index contributed by atoms with van der Waals surface area (Å²) in [5.74, 6) is 0.999. The molecule has 116 valence electrons. The Balaban J connectivity index is 1.59. The van der Waals surface area contributed by atoms with Crippen molar-refractivity contribution in [2.24, 2.45) is 0 Å². The lowest BCUT2D eigenvalue weighted by Gasteiger charge is -2.08. The van der Waals surface area contributed by atoms with Crippen molar-refractivity contribution >= 4 is 22.4 Å². The average Bonchev–Trinajstić information content (AvgIpc) is 2.63. The van der Waals surface area contributed by atoms with Gasteiger partial charge >= 0.3 is 0 Å². The van der Waals surface area contributed by atoms with Gasteiger partial charge in [-0.25, -0.2) is 4.98 Å². The maximum absolute atomic E-state index is 9.83. The van der Waals surface area contributed by atoms with Gasteiger partial charge in [0.2, 0.25) is 0 Å². The predicted octanol–water partition coefficient (Wildman–Crippen LogP) is 5.35. The molecule has 2 N–H and O–H groups in total. The van der Waals surface area contributed by atoms with Crippen LogP contribution in [0.5, 0.6) is 5.75 Å². The van der Waals surface area contributed by atoms with E-state index in [0.717, 1.165) is 22.4 Å². The van der Waals surface area contributed by atoms with Crippen LogP contribution >= 0.6 is 0 Å². The zero-order chi connectivity index (χ0) is 16.4. The van der Waals surface area contributed by atoms with Crippen molar-refractivity contribution in [1.82, 2.24) is 4.98 Å². The van der Waals surface area contributed by atoms with E-state index in [1.165, 1.54) is 11.1 Å². The number of hydrogen-bond donors (Lipinski definition) is 2. The van der Waals surface area contributed by atoms with Gasteiger partial charge < -0.3 is 10.4 Å². The minimum atomic E-state index is 0.249. The van der Waals surface area contributed by atoms with Gasteiger partial charge in [-0.3, -0.25) is 0 Å². The number of nitrogens with one attached hydrogen (secondary N) is 1. The van der Waals surface area contributed by atoms with Gasteiger partial charge in [0.05, 0.1) is 5.52 Å². The van der Waals surface area contributed by atoms with E-state index < -0.39 is 0 Å². The molecule has 0 aliphatic rings. The molecule has 3 heteroatoms. The second-order valence-corrected chi connectivity index (χ2v) is 5.61. The van der Waals surface area contributed by atoms with E-state index >= 15 is 0 Å². The molecule has 0 amide bonds. The smallest absolute Gasteiger partial charge is 0.131 e. The van der Waals surface area contributed by atoms with Crippen molar-refractivity contribution in [3.05, 3.63) is 84.9 Å². The number of aromatic hydroxyl groups is 1. The number of pyridine rings is 1. The molecule has 24 heavy (non-hydrogen) atoms. The lowest BCUT2D eigenvalue weighted by molar-refractivity contribution is 0.481. The summed E-state index contributed by atoms with van der Waals surface area (Å²) in [5, 5.41) is 13.9. The first-order valence-corrected chi connectivity index (χ1v) is 7.81. The van der Waals surface area contributed by atoms with Crippen LogP contribution in [0.1, 0.15) is 0 Å². The summed E-state index contributed by atoms with van der Waals surface area (Å²) in [5.41, 5.74) is 4.11. The van der Waals surface area contributed by atoms with Crippen LogP contribution in [0.4, 0.5) is 11.5 Å². The molecule has 4 rings (SSSR count). The maximum Gasteiger partial charge on any atom is 0.131 e. The number of phenols is 1. The molecule has 1 aromatic heterocycles. The number of anilines is 2. The van der Waals surface area contributed by atoms with E-state index in [1.54, 1.807) is 12.1 Å². The summed E-state index contributed by atoms with van der Waals surface area (Å²) in [4.78, 5) is 4.54. The van der Waals surface area contributed by atoms with Crippen LogP contribution in [0.2, 0.25) is 0 Å². The Hall–Kier alpha value is -3.33. The van der Waals surface area contributed by atoms with Crippen molar-refractivity contribution in [2.45, 2.75) is 0 Å². The van der Waals surface area contributed by atoms with Crippen LogP contribution in [0.3, 0.4) is 0 Å². The van der Waals surface area contributed by atoms with Gasteiger partial charge in [-0.1, -0.05) is 48.5 Å². The molecule has 0 unspecified atom stereocenters. The molecule has 3 nitrogen and oxygen atoms in total. The summed E-state index contributed by atoms with van der Waals surface area (Å²) in [6, 6.07) is 27.6. The number of rotatable bonds is 3. The normalized spacial score (nSPS) is 10.7. The van der Waals surface area contributed by atoms with Crippen LogP contribution in [-0.2, 0) is 0 Å². The second-order valence-electron chi connectivity index (χ2n) is 5.61. The summed E-state index contributed by atoms with van der Waals surface area (Å²) in [6.45, 7) is 0. The Labute approximate surface area is 140 Å². The lowest BCUT2D eigenvalue weighted by Crippen LogP contribution is -1.93. The number of nitrogens with zero attached hydrogens (tertiary/aromatic N) is 1. The third-order valence-corrected chi connectivity index (χ3v) is 3.97. The van der Waals surface area contributed by atoms with Gasteiger partial charge in [0.15, 0.2) is 0 Å². The van der Waals surface area contributed by atoms with Gasteiger partial charge in [-0.05, 0) is 47.5 Å². The zero-order valence-corrected chi connectivity index (χ0v) is 13.0. The average molecular weight is 312 g/mol. The molecule has 1 heterocycles. The fraction of sp³-hybridized carbons (Fsp3) is 0. The van der Waals surface area contributed by atoms with Crippen LogP contribution in [-0.4, -0.2) is 10.1 Å². The number of benzene rings is 3. The van der Waals surface area contributed by atoms with E-state index in [9.17, 15) is 5.11 Å². The molecule has 3 aromatic carbocycles. The molecule has 0 bridgehead atoms. The summed E-state index contributed by atoms with van der Waals surface area (Å²) in [7, 11) is 0. The van der Waals surface area contributed by atoms with Crippen molar-refractivity contribution in [3.63, 3.8) is 0 Å². The molecule has 0 saturated carbocycles. The minimum Gasteiger partial charge on any atom is -0.507 e. The Kier molecular flexibility index (Phi) is 3.60. The highest BCUT2D eigenvalue weighted by Crippen LogP contribution is 2.26. The number of phenolic OH excluding ortho intramolecular Hbond substituents is 1. The predicted molar refractivity (Wildman–Crippen MR) is 98.6 cm³/mol. The highest BCUT2D eigenvalue weighted by molar-refractivity contribution is 5.86. The minimum absolute atomic E-state index is 0.249. The van der Waals surface area contributed by atoms with E-state index in [2.05, 4.69) is 34.6 Å². The molecule has 0 aliphatic carbocycles. The van der Waals surface area contributed by atoms with Crippen molar-refractivity contribution in [3.8, 4) is 16.9 Å². The SMILES string of the molecule is Oc1cccc2nc(Nc3ccc(-c4ccccc4)cc3)ccc12. The van der Waals surface area contributed by atoms with Crippen molar-refractivity contribution < 1.29 is 5.11 Å². The summed E-state index contributed by atoms with van der Waals surface area (Å²) < 4.78 is 0. The van der Waals surface area contributed by atoms with Gasteiger partial charge in [-0.2, -0.15) is 0 Å². The topological polar surface area (TPSA) is 45.2 Å². The van der Waals surface area contributed by atoms with Gasteiger partial charge in [-0.15, -0.1) is 0 Å². The monoisotopic (exact) mass is 312 g/mol. The van der Waals surface area contributed by atoms with E-state index in [-0.39, 0.29) is 5.75 Å². The quantitative estimate of drug-likeness (QED) is 0.536. The van der Waals surface area contributed by atoms with Gasteiger partial charge in [0.1, 0.15) is 11.6 Å². The fourth-order valence-corrected chi connectivity index (χ4v) is 2.73. The first kappa shape index (κ1) is 14.3. The first-order valence-electron chi connectivity index (χ1n) is 7.81. The Morgan fingerprint density at radius 1 is 0.667 bits per heavy atom. The fourth-order valence-electron chi connectivity index (χ4n) is 2.73. The van der Waals surface area contributed by atoms with Crippen LogP contribution in [0.15, 0.2) is 84.9 Å². The largest absolute Gasteiger partial charge is 0.507 e. The van der Waals surface area contributed by atoms with E-state index in [4.69, 9.17) is 0 Å². The Morgan fingerprint density at radius 3 is 2.21 bits per heavy atom. The number of hydrogen-bond acceptors (Lipinski definition) is 3. The molecule has 0 saturated heterocycles. The van der Waals surface area contributed by atoms with Crippen LogP contribution in [0.25, 0.3) is 22.0 Å². The third kappa shape index (κ3) is 2.79. The Morgan fingerprint density at radius 2 is 1.42 bits per heavy atom. The van der Waals surface area contributed by atoms with E-state index in [1.807, 2.05) is 48.5 Å². The highest BCUT2D eigenvalue weighted by atomic mass is 16.3. The molecule has 0 aliphatic heterocycles. The zero-order valence-electron chi connectivity index (χ0n) is 13.0. The van der Waals surface area contributed by atoms with Crippen molar-refractivity contribution in [1.29, 1.82) is 0 Å². The van der Waals surface area contributed by atoms with Gasteiger partial charge in [0.25, 0.3) is 0 Å². The first-order chi connectivity index (χ1) is 11.8. The number of fused-ring (bicyclic) bond motifs is 1. The lowest BCUT2D eigenvalue weighted by atomic mass is 10.1. The second kappa shape index (κ2) is 6.05. The molecule has 4 aromatic rings. The summed E-state index contributed by atoms with van der Waals surface area (Å²) in [6.07, 6.45) is 0. The maximum atomic E-state index is 9.83. The molecule has 0 fully saturated rings. The standard InChI is InChI=1S/C21H16N2O/c24-20-8-4-7-19-18(20)13-14-21(23-19)22-17-11-9-16(10-12-17)15-5-2-1-3-6-15/h1-14,24H,(H,22,23). The molecule has 0 atom stereocenters. The number of aromatic nitrogens is 1. The summed E-state index contributed by atoms with van der Waals surface area (Å²) >= 11 is 0. The van der Waals surface area contributed by atoms with Crippen LogP contribution < -0.4 is 5.32 Å². The molecular weight excluding hydrogens is 296 g/mol.